The van der Waals surface area contributed by atoms with E-state index in [9.17, 15) is 0 Å². The van der Waals surface area contributed by atoms with E-state index < -0.39 is 8.80 Å². The maximum atomic E-state index is 8.74. The Morgan fingerprint density at radius 3 is 0.506 bits per heavy atom. The zero-order chi connectivity index (χ0) is 63.2. The van der Waals surface area contributed by atoms with Gasteiger partial charge in [-0.2, -0.15) is 0 Å². The summed E-state index contributed by atoms with van der Waals surface area (Å²) < 4.78 is 25.5. The fraction of sp³-hybridized carbons (Fsp3) is 1.00. The molecule has 0 aromatic rings. The molecule has 87 heavy (non-hydrogen) atoms. The van der Waals surface area contributed by atoms with Gasteiger partial charge in [0.2, 0.25) is 0 Å². The fourth-order valence-corrected chi connectivity index (χ4v) is 18.2. The summed E-state index contributed by atoms with van der Waals surface area (Å²) in [6.45, 7) is 19.8. The Balaban J connectivity index is 8.04. The van der Waals surface area contributed by atoms with E-state index in [1.807, 2.05) is 0 Å². The van der Waals surface area contributed by atoms with Crippen molar-refractivity contribution in [3.63, 3.8) is 0 Å². The van der Waals surface area contributed by atoms with Crippen molar-refractivity contribution >= 4 is 8.80 Å². The van der Waals surface area contributed by atoms with Gasteiger partial charge < -0.3 is 13.3 Å². The molecule has 0 radical (unpaired) electrons. The molecular weight excluding hydrogens is 1070 g/mol. The molecule has 3 nitrogen and oxygen atoms in total. The molecule has 524 valence electrons. The average Bonchev–Trinajstić information content (AvgIpc) is 1.37. The van der Waals surface area contributed by atoms with Crippen molar-refractivity contribution in [1.29, 1.82) is 0 Å². The maximum Gasteiger partial charge on any atom is 0.501 e. The highest BCUT2D eigenvalue weighted by Gasteiger charge is 2.52. The molecule has 0 N–H and O–H groups in total. The molecule has 0 aliphatic carbocycles. The summed E-state index contributed by atoms with van der Waals surface area (Å²) in [6.07, 6.45) is 96.4. The van der Waals surface area contributed by atoms with Crippen molar-refractivity contribution in [3.05, 3.63) is 0 Å². The third kappa shape index (κ3) is 58.4. The van der Waals surface area contributed by atoms with Crippen molar-refractivity contribution in [3.8, 4) is 0 Å². The van der Waals surface area contributed by atoms with Crippen LogP contribution in [0.2, 0.25) is 6.04 Å². The molecule has 0 atom stereocenters. The molecule has 0 fully saturated rings. The van der Waals surface area contributed by atoms with Gasteiger partial charge in [0.25, 0.3) is 0 Å². The predicted molar refractivity (Wildman–Crippen MR) is 397 cm³/mol. The minimum absolute atomic E-state index is 0.154. The first-order chi connectivity index (χ1) is 42.9. The average molecular weight is 1240 g/mol. The largest absolute Gasteiger partial charge is 0.501 e. The van der Waals surface area contributed by atoms with E-state index in [4.69, 9.17) is 13.3 Å². The highest BCUT2D eigenvalue weighted by atomic mass is 28.4. The smallest absolute Gasteiger partial charge is 0.373 e. The van der Waals surface area contributed by atoms with Crippen LogP contribution in [0.3, 0.4) is 0 Å². The lowest BCUT2D eigenvalue weighted by Gasteiger charge is -2.47. The molecule has 0 aromatic carbocycles. The molecule has 0 aliphatic heterocycles. The third-order valence-electron chi connectivity index (χ3n) is 20.6. The summed E-state index contributed by atoms with van der Waals surface area (Å²) in [6, 6.07) is 1.04. The van der Waals surface area contributed by atoms with Crippen LogP contribution in [0.25, 0.3) is 0 Å². The fourth-order valence-electron chi connectivity index (χ4n) is 14.6. The Morgan fingerprint density at radius 2 is 0.322 bits per heavy atom. The lowest BCUT2D eigenvalue weighted by molar-refractivity contribution is -0.0990. The Kier molecular flexibility index (Phi) is 70.5. The molecule has 0 unspecified atom stereocenters. The van der Waals surface area contributed by atoms with Crippen molar-refractivity contribution in [2.24, 2.45) is 0 Å². The SMILES string of the molecule is CCCCCCCCCCCO[Si](CCCCCCCCCC)(OC(CCCCCCCCCC)(CCCCCCCCCC)CCCCCCCCCC)OC(CCCCCCCCCC)(CCCCCCCCCC)CCCCCCCCCC. The summed E-state index contributed by atoms with van der Waals surface area (Å²) in [5.74, 6) is 0. The van der Waals surface area contributed by atoms with E-state index in [1.165, 1.54) is 449 Å². The van der Waals surface area contributed by atoms with Crippen LogP contribution >= 0.6 is 0 Å². The van der Waals surface area contributed by atoms with Crippen LogP contribution in [0, 0.1) is 0 Å². The van der Waals surface area contributed by atoms with Crippen molar-refractivity contribution in [1.82, 2.24) is 0 Å². The van der Waals surface area contributed by atoms with Crippen LogP contribution in [0.1, 0.15) is 511 Å². The first kappa shape index (κ1) is 87.1. The van der Waals surface area contributed by atoms with Crippen LogP contribution < -0.4 is 0 Å². The molecule has 0 spiro atoms. The van der Waals surface area contributed by atoms with Gasteiger partial charge in [0.05, 0.1) is 11.2 Å². The quantitative estimate of drug-likeness (QED) is 0.0449. The molecule has 0 aromatic heterocycles. The molecule has 0 saturated carbocycles. The van der Waals surface area contributed by atoms with E-state index in [0.717, 1.165) is 19.1 Å². The van der Waals surface area contributed by atoms with Crippen LogP contribution in [0.15, 0.2) is 0 Å². The van der Waals surface area contributed by atoms with Crippen LogP contribution in [0.4, 0.5) is 0 Å². The minimum atomic E-state index is -3.28. The second kappa shape index (κ2) is 70.4. The number of hydrogen-bond acceptors (Lipinski definition) is 3. The summed E-state index contributed by atoms with van der Waals surface area (Å²) in [4.78, 5) is 0. The monoisotopic (exact) mass is 1240 g/mol. The molecule has 0 amide bonds. The van der Waals surface area contributed by atoms with Crippen molar-refractivity contribution < 1.29 is 13.3 Å². The first-order valence-electron chi connectivity index (χ1n) is 41.9. The van der Waals surface area contributed by atoms with E-state index >= 15 is 0 Å². The summed E-state index contributed by atoms with van der Waals surface area (Å²) in [5, 5.41) is 0. The lowest BCUT2D eigenvalue weighted by atomic mass is 9.85. The zero-order valence-corrected chi connectivity index (χ0v) is 63.3. The second-order valence-electron chi connectivity index (χ2n) is 29.5. The highest BCUT2D eigenvalue weighted by molar-refractivity contribution is 6.61. The topological polar surface area (TPSA) is 27.7 Å². The van der Waals surface area contributed by atoms with Gasteiger partial charge >= 0.3 is 8.80 Å². The van der Waals surface area contributed by atoms with Gasteiger partial charge in [0.1, 0.15) is 0 Å². The second-order valence-corrected chi connectivity index (χ2v) is 32.1. The molecule has 0 bridgehead atoms. The van der Waals surface area contributed by atoms with Crippen molar-refractivity contribution in [2.75, 3.05) is 6.61 Å². The summed E-state index contributed by atoms with van der Waals surface area (Å²) in [5.41, 5.74) is -0.308. The van der Waals surface area contributed by atoms with Gasteiger partial charge in [-0.25, -0.2) is 0 Å². The molecule has 4 heteroatoms. The Morgan fingerprint density at radius 1 is 0.172 bits per heavy atom. The van der Waals surface area contributed by atoms with Crippen LogP contribution in [0.5, 0.6) is 0 Å². The zero-order valence-electron chi connectivity index (χ0n) is 62.3. The normalized spacial score (nSPS) is 12.4. The highest BCUT2D eigenvalue weighted by Crippen LogP contribution is 2.44. The third-order valence-corrected chi connectivity index (χ3v) is 23.7. The lowest BCUT2D eigenvalue weighted by Crippen LogP contribution is -2.58. The van der Waals surface area contributed by atoms with Gasteiger partial charge in [0, 0.05) is 12.7 Å². The van der Waals surface area contributed by atoms with Crippen LogP contribution in [-0.2, 0) is 13.3 Å². The van der Waals surface area contributed by atoms with E-state index in [-0.39, 0.29) is 11.2 Å². The maximum absolute atomic E-state index is 8.74. The van der Waals surface area contributed by atoms with Gasteiger partial charge in [-0.05, 0) is 51.4 Å². The van der Waals surface area contributed by atoms with Gasteiger partial charge in [-0.1, -0.05) is 460 Å². The van der Waals surface area contributed by atoms with Gasteiger partial charge in [0.15, 0.2) is 0 Å². The number of hydrogen-bond donors (Lipinski definition) is 0. The Hall–Kier alpha value is 0.0969. The number of unbranched alkanes of at least 4 members (excludes halogenated alkanes) is 57. The standard InChI is InChI=1S/C83H170O3Si/c1-9-17-25-33-41-49-56-64-72-80-84-87(81-73-65-57-48-40-32-24-16-8,85-82(74-66-58-50-42-34-26-18-10-2,75-67-59-51-43-35-27-19-11-3)76-68-60-52-44-36-28-20-12-4)86-83(77-69-61-53-45-37-29-21-13-5,78-70-62-54-46-38-30-22-14-6)79-71-63-55-47-39-31-23-15-7/h9-81H2,1-8H3. The first-order valence-corrected chi connectivity index (χ1v) is 43.9. The Bertz CT molecular complexity index is 1080. The minimum Gasteiger partial charge on any atom is -0.373 e. The van der Waals surface area contributed by atoms with Crippen molar-refractivity contribution in [2.45, 2.75) is 529 Å². The van der Waals surface area contributed by atoms with Gasteiger partial charge in [-0.15, -0.1) is 0 Å². The summed E-state index contributed by atoms with van der Waals surface area (Å²) >= 11 is 0. The van der Waals surface area contributed by atoms with Crippen LogP contribution in [-0.4, -0.2) is 26.6 Å². The molecule has 0 aliphatic rings. The molecular formula is C83H170O3Si. The van der Waals surface area contributed by atoms with E-state index in [0.29, 0.717) is 0 Å². The molecule has 0 rings (SSSR count). The van der Waals surface area contributed by atoms with Gasteiger partial charge in [-0.3, -0.25) is 0 Å². The number of rotatable bonds is 78. The predicted octanol–water partition coefficient (Wildman–Crippen LogP) is 31.3. The summed E-state index contributed by atoms with van der Waals surface area (Å²) in [7, 11) is -3.28. The Labute approximate surface area is 554 Å². The molecule has 0 saturated heterocycles. The van der Waals surface area contributed by atoms with E-state index in [2.05, 4.69) is 55.4 Å². The molecule has 0 heterocycles. The van der Waals surface area contributed by atoms with E-state index in [1.54, 1.807) is 0 Å².